The fraction of sp³-hybridized carbons (Fsp3) is 0.0909. The van der Waals surface area contributed by atoms with Crippen LogP contribution in [0.3, 0.4) is 0 Å². The van der Waals surface area contributed by atoms with Gasteiger partial charge in [-0.2, -0.15) is 4.48 Å². The molecule has 0 bridgehead atoms. The van der Waals surface area contributed by atoms with E-state index < -0.39 is 0 Å². The Kier molecular flexibility index (Phi) is 2.46. The first-order valence-corrected chi connectivity index (χ1v) is 5.36. The first-order valence-electron chi connectivity index (χ1n) is 4.48. The predicted octanol–water partition coefficient (Wildman–Crippen LogP) is 2.45. The van der Waals surface area contributed by atoms with E-state index in [0.29, 0.717) is 6.41 Å². The van der Waals surface area contributed by atoms with Crippen LogP contribution in [0.1, 0.15) is 5.56 Å². The predicted molar refractivity (Wildman–Crippen MR) is 59.7 cm³/mol. The van der Waals surface area contributed by atoms with Crippen molar-refractivity contribution < 1.29 is 14.1 Å². The summed E-state index contributed by atoms with van der Waals surface area (Å²) in [6.45, 7) is 0. The molecular formula is C11H10NO2S+. The average Bonchev–Trinajstić information content (AvgIpc) is 2.58. The van der Waals surface area contributed by atoms with E-state index in [1.807, 2.05) is 30.3 Å². The summed E-state index contributed by atoms with van der Waals surface area (Å²) in [5.74, 6) is 0. The molecule has 0 aromatic heterocycles. The molecule has 0 aliphatic carbocycles. The number of quaternary nitrogens is 1. The summed E-state index contributed by atoms with van der Waals surface area (Å²) in [5, 5.41) is 1.58. The second-order valence-electron chi connectivity index (χ2n) is 3.43. The number of hydrogen-bond acceptors (Lipinski definition) is 3. The normalized spacial score (nSPS) is 25.1. The number of carbonyl (C=O) groups is 2. The van der Waals surface area contributed by atoms with E-state index in [9.17, 15) is 9.59 Å². The standard InChI is InChI=1S/C11H10NO2S/c1-12(8-13)10(7-15-11(12)14)9-5-3-2-4-6-9/h2-8H,1H3/q+1. The second-order valence-corrected chi connectivity index (χ2v) is 4.25. The number of amides is 2. The number of imide groups is 1. The number of benzene rings is 1. The largest absolute Gasteiger partial charge is 0.391 e. The summed E-state index contributed by atoms with van der Waals surface area (Å²) in [6, 6.07) is 9.47. The van der Waals surface area contributed by atoms with Gasteiger partial charge in [-0.3, -0.25) is 0 Å². The van der Waals surface area contributed by atoms with Crippen LogP contribution in [0.5, 0.6) is 0 Å². The fourth-order valence-corrected chi connectivity index (χ4v) is 2.40. The molecular weight excluding hydrogens is 210 g/mol. The van der Waals surface area contributed by atoms with E-state index in [1.54, 1.807) is 12.5 Å². The summed E-state index contributed by atoms with van der Waals surface area (Å²) in [6.07, 6.45) is 0.668. The lowest BCUT2D eigenvalue weighted by Crippen LogP contribution is -2.40. The van der Waals surface area contributed by atoms with Crippen LogP contribution < -0.4 is 0 Å². The Balaban J connectivity index is 2.48. The van der Waals surface area contributed by atoms with Gasteiger partial charge in [-0.15, -0.1) is 0 Å². The number of carbonyl (C=O) groups excluding carboxylic acids is 2. The van der Waals surface area contributed by atoms with Crippen molar-refractivity contribution in [2.24, 2.45) is 0 Å². The molecule has 1 aromatic carbocycles. The van der Waals surface area contributed by atoms with Crippen molar-refractivity contribution in [3.63, 3.8) is 0 Å². The molecule has 0 N–H and O–H groups in total. The van der Waals surface area contributed by atoms with Gasteiger partial charge in [0.15, 0.2) is 5.70 Å². The molecule has 2 rings (SSSR count). The van der Waals surface area contributed by atoms with Crippen molar-refractivity contribution in [1.29, 1.82) is 0 Å². The smallest absolute Gasteiger partial charge is 0.233 e. The van der Waals surface area contributed by atoms with E-state index in [2.05, 4.69) is 0 Å². The fourth-order valence-electron chi connectivity index (χ4n) is 1.47. The molecule has 1 aliphatic rings. The maximum Gasteiger partial charge on any atom is 0.391 e. The molecule has 76 valence electrons. The van der Waals surface area contributed by atoms with Crippen LogP contribution in [-0.4, -0.2) is 23.2 Å². The summed E-state index contributed by atoms with van der Waals surface area (Å²) in [5.41, 5.74) is 1.64. The third-order valence-electron chi connectivity index (χ3n) is 2.43. The maximum absolute atomic E-state index is 11.6. The van der Waals surface area contributed by atoms with Crippen molar-refractivity contribution in [3.05, 3.63) is 41.3 Å². The molecule has 0 saturated carbocycles. The molecule has 3 nitrogen and oxygen atoms in total. The lowest BCUT2D eigenvalue weighted by atomic mass is 10.1. The Labute approximate surface area is 92.0 Å². The van der Waals surface area contributed by atoms with Gasteiger partial charge in [0.2, 0.25) is 0 Å². The minimum atomic E-state index is -0.283. The molecule has 15 heavy (non-hydrogen) atoms. The van der Waals surface area contributed by atoms with Crippen molar-refractivity contribution >= 4 is 29.1 Å². The zero-order chi connectivity index (χ0) is 10.9. The highest BCUT2D eigenvalue weighted by Gasteiger charge is 2.42. The van der Waals surface area contributed by atoms with Gasteiger partial charge >= 0.3 is 11.6 Å². The number of nitrogens with zero attached hydrogens (tertiary/aromatic N) is 1. The van der Waals surface area contributed by atoms with E-state index in [1.165, 1.54) is 0 Å². The van der Waals surface area contributed by atoms with Gasteiger partial charge in [-0.05, 0) is 12.1 Å². The van der Waals surface area contributed by atoms with Crippen molar-refractivity contribution in [3.8, 4) is 0 Å². The lowest BCUT2D eigenvalue weighted by Gasteiger charge is -2.19. The third kappa shape index (κ3) is 1.52. The Morgan fingerprint density at radius 2 is 1.93 bits per heavy atom. The monoisotopic (exact) mass is 220 g/mol. The van der Waals surface area contributed by atoms with Crippen molar-refractivity contribution in [1.82, 2.24) is 0 Å². The topological polar surface area (TPSA) is 34.1 Å². The van der Waals surface area contributed by atoms with Crippen LogP contribution in [0, 0.1) is 0 Å². The van der Waals surface area contributed by atoms with Gasteiger partial charge in [0.05, 0.1) is 7.05 Å². The molecule has 1 aromatic rings. The van der Waals surface area contributed by atoms with E-state index in [-0.39, 0.29) is 9.72 Å². The highest BCUT2D eigenvalue weighted by atomic mass is 32.2. The Morgan fingerprint density at radius 3 is 2.53 bits per heavy atom. The SMILES string of the molecule is C[N+]1(C=O)C(=O)SC=C1c1ccccc1. The van der Waals surface area contributed by atoms with Crippen LogP contribution in [0.15, 0.2) is 35.7 Å². The quantitative estimate of drug-likeness (QED) is 0.567. The molecule has 1 aliphatic heterocycles. The third-order valence-corrected chi connectivity index (χ3v) is 3.35. The number of rotatable bonds is 2. The van der Waals surface area contributed by atoms with Crippen LogP contribution in [0.2, 0.25) is 0 Å². The van der Waals surface area contributed by atoms with Crippen molar-refractivity contribution in [2.45, 2.75) is 0 Å². The van der Waals surface area contributed by atoms with E-state index in [0.717, 1.165) is 23.0 Å². The first-order chi connectivity index (χ1) is 7.18. The Bertz CT molecular complexity index is 441. The van der Waals surface area contributed by atoms with Crippen LogP contribution in [0.25, 0.3) is 5.70 Å². The van der Waals surface area contributed by atoms with Gasteiger partial charge in [0.1, 0.15) is 0 Å². The average molecular weight is 220 g/mol. The Hall–Kier alpha value is -1.39. The minimum absolute atomic E-state index is 0.163. The van der Waals surface area contributed by atoms with Crippen LogP contribution in [0.4, 0.5) is 4.79 Å². The van der Waals surface area contributed by atoms with Crippen LogP contribution in [-0.2, 0) is 4.79 Å². The van der Waals surface area contributed by atoms with Gasteiger partial charge in [-0.25, -0.2) is 9.59 Å². The molecule has 4 heteroatoms. The van der Waals surface area contributed by atoms with Gasteiger partial charge in [-0.1, -0.05) is 18.2 Å². The molecule has 0 spiro atoms. The highest BCUT2D eigenvalue weighted by molar-refractivity contribution is 8.16. The van der Waals surface area contributed by atoms with Gasteiger partial charge in [0.25, 0.3) is 0 Å². The molecule has 0 saturated heterocycles. The Morgan fingerprint density at radius 1 is 1.27 bits per heavy atom. The summed E-state index contributed by atoms with van der Waals surface area (Å²) >= 11 is 1.07. The lowest BCUT2D eigenvalue weighted by molar-refractivity contribution is -0.652. The summed E-state index contributed by atoms with van der Waals surface area (Å²) < 4.78 is -0.283. The van der Waals surface area contributed by atoms with E-state index in [4.69, 9.17) is 0 Å². The maximum atomic E-state index is 11.6. The summed E-state index contributed by atoms with van der Waals surface area (Å²) in [4.78, 5) is 22.6. The molecule has 1 atom stereocenters. The highest BCUT2D eigenvalue weighted by Crippen LogP contribution is 2.37. The zero-order valence-corrected chi connectivity index (χ0v) is 9.03. The summed E-state index contributed by atoms with van der Waals surface area (Å²) in [7, 11) is 1.61. The van der Waals surface area contributed by atoms with Crippen LogP contribution >= 0.6 is 11.8 Å². The van der Waals surface area contributed by atoms with Crippen molar-refractivity contribution in [2.75, 3.05) is 7.05 Å². The number of thioether (sulfide) groups is 1. The van der Waals surface area contributed by atoms with Gasteiger partial charge < -0.3 is 0 Å². The first kappa shape index (κ1) is 10.1. The van der Waals surface area contributed by atoms with E-state index >= 15 is 0 Å². The minimum Gasteiger partial charge on any atom is -0.233 e. The molecule has 1 heterocycles. The second kappa shape index (κ2) is 3.64. The number of hydrogen-bond donors (Lipinski definition) is 0. The molecule has 2 amide bonds. The van der Waals surface area contributed by atoms with Gasteiger partial charge in [0, 0.05) is 22.7 Å². The molecule has 1 unspecified atom stereocenters. The molecule has 0 radical (unpaired) electrons. The zero-order valence-electron chi connectivity index (χ0n) is 8.21. The molecule has 0 fully saturated rings.